The predicted octanol–water partition coefficient (Wildman–Crippen LogP) is -4.58. The van der Waals surface area contributed by atoms with Gasteiger partial charge in [0.15, 0.2) is 0 Å². The summed E-state index contributed by atoms with van der Waals surface area (Å²) in [6.07, 6.45) is 2.07. The van der Waals surface area contributed by atoms with E-state index in [1.54, 1.807) is 26.3 Å². The smallest absolute Gasteiger partial charge is 0.326 e. The Labute approximate surface area is 471 Å². The molecule has 0 unspecified atom stereocenters. The fourth-order valence-electron chi connectivity index (χ4n) is 7.92. The zero-order valence-corrected chi connectivity index (χ0v) is 46.8. The first-order chi connectivity index (χ1) is 38.0. The standard InChI is InChI=1S/C49H78N14O17S/c1-23(2)17-31(45(75)62-34(49(79)80)20-37(68)69)60-42(72)29(9-7-8-14-54-47(77)38-24(3)12-15-53-38)58-46(76)33(19-35(51)65)59-40(70)25(4)56-44(74)32(18-27-21-52-22-55-27)61-48(78)39(26(5)64)63-43(73)30(10-11-36(66)67)57-41(71)28(50)13-16-81-6/h15,21-26,28-34,38-39,64H,7-14,16-20,50H2,1-6H3,(H2,51,65)(H,52,55)(H,54,77)(H,56,74)(H,57,71)(H,58,76)(H,59,70)(H,60,72)(H,61,78)(H,62,75)(H,63,73)(H,66,67)(H,68,69)(H,79,80)/t24-,25+,26-,28+,29+,30+,31+,32+,33+,34+,38-,39+/m1/s1. The Bertz CT molecular complexity index is 2390. The predicted molar refractivity (Wildman–Crippen MR) is 289 cm³/mol. The van der Waals surface area contributed by atoms with Crippen LogP contribution in [0.15, 0.2) is 17.5 Å². The van der Waals surface area contributed by atoms with Gasteiger partial charge in [-0.25, -0.2) is 9.78 Å². The summed E-state index contributed by atoms with van der Waals surface area (Å²) >= 11 is 1.41. The van der Waals surface area contributed by atoms with Crippen LogP contribution < -0.4 is 59.3 Å². The first-order valence-corrected chi connectivity index (χ1v) is 27.5. The molecule has 1 aromatic heterocycles. The number of carboxylic acid groups (broad SMARTS) is 3. The molecule has 452 valence electrons. The van der Waals surface area contributed by atoms with Gasteiger partial charge in [0, 0.05) is 37.5 Å². The monoisotopic (exact) mass is 1170 g/mol. The van der Waals surface area contributed by atoms with E-state index in [1.807, 2.05) is 6.92 Å². The van der Waals surface area contributed by atoms with E-state index < -0.39 is 163 Å². The number of aliphatic imine (C=N–C) groups is 1. The lowest BCUT2D eigenvalue weighted by molar-refractivity contribution is -0.147. The number of nitrogens with two attached hydrogens (primary N) is 2. The lowest BCUT2D eigenvalue weighted by Crippen LogP contribution is -2.62. The molecule has 18 N–H and O–H groups in total. The Hall–Kier alpha value is -7.74. The van der Waals surface area contributed by atoms with Crippen molar-refractivity contribution in [2.24, 2.45) is 28.3 Å². The van der Waals surface area contributed by atoms with Gasteiger partial charge in [-0.1, -0.05) is 20.8 Å². The van der Waals surface area contributed by atoms with E-state index in [0.717, 1.165) is 6.92 Å². The number of aromatic amines is 1. The van der Waals surface area contributed by atoms with Gasteiger partial charge in [0.1, 0.15) is 54.4 Å². The van der Waals surface area contributed by atoms with Gasteiger partial charge in [-0.05, 0) is 82.6 Å². The van der Waals surface area contributed by atoms with Gasteiger partial charge in [-0.3, -0.25) is 62.5 Å². The van der Waals surface area contributed by atoms with Crippen LogP contribution in [0.3, 0.4) is 0 Å². The van der Waals surface area contributed by atoms with Crippen molar-refractivity contribution in [1.82, 2.24) is 57.8 Å². The molecule has 0 bridgehead atoms. The summed E-state index contributed by atoms with van der Waals surface area (Å²) in [5.74, 6) is -14.1. The maximum absolute atomic E-state index is 14.1. The molecule has 10 amide bonds. The van der Waals surface area contributed by atoms with Crippen LogP contribution in [0.1, 0.15) is 105 Å². The first kappa shape index (κ1) is 69.4. The molecule has 2 heterocycles. The summed E-state index contributed by atoms with van der Waals surface area (Å²) in [5.41, 5.74) is 11.7. The van der Waals surface area contributed by atoms with Crippen molar-refractivity contribution in [3.05, 3.63) is 18.2 Å². The molecule has 0 saturated carbocycles. The van der Waals surface area contributed by atoms with E-state index in [0.29, 0.717) is 12.2 Å². The molecule has 81 heavy (non-hydrogen) atoms. The van der Waals surface area contributed by atoms with Gasteiger partial charge < -0.3 is 84.7 Å². The molecule has 1 aliphatic heterocycles. The number of H-pyrrole nitrogens is 1. The molecule has 0 fully saturated rings. The molecule has 1 aromatic rings. The number of imidazole rings is 1. The fourth-order valence-corrected chi connectivity index (χ4v) is 8.41. The number of hydrogen-bond acceptors (Lipinski definition) is 18. The zero-order chi connectivity index (χ0) is 61.1. The highest BCUT2D eigenvalue weighted by Crippen LogP contribution is 2.17. The zero-order valence-electron chi connectivity index (χ0n) is 46.0. The SMILES string of the molecule is CSCC[C@H](N)C(=O)N[C@@H](CCC(=O)O)C(=O)N[C@H](C(=O)N[C@@H](Cc1cnc[nH]1)C(=O)N[C@@H](C)C(=O)N[C@@H](CC(N)=O)C(=O)N[C@@H](CCCCNC(=O)[C@@H]1N=CC[C@H]1C)C(=O)N[C@@H](CC(C)C)C(=O)N[C@@H](CC(=O)O)C(=O)O)[C@@H](C)O. The second kappa shape index (κ2) is 35.1. The lowest BCUT2D eigenvalue weighted by atomic mass is 10.0. The van der Waals surface area contributed by atoms with Crippen LogP contribution in [0.2, 0.25) is 0 Å². The van der Waals surface area contributed by atoms with E-state index in [2.05, 4.69) is 62.8 Å². The van der Waals surface area contributed by atoms with Crippen molar-refractivity contribution in [2.75, 3.05) is 18.6 Å². The highest BCUT2D eigenvalue weighted by molar-refractivity contribution is 7.98. The topological polar surface area (TPSA) is 504 Å². The van der Waals surface area contributed by atoms with Crippen LogP contribution in [-0.4, -0.2) is 199 Å². The quantitative estimate of drug-likeness (QED) is 0.0277. The average Bonchev–Trinajstić information content (AvgIpc) is 4.07. The van der Waals surface area contributed by atoms with Gasteiger partial charge in [0.05, 0.1) is 31.3 Å². The van der Waals surface area contributed by atoms with Crippen molar-refractivity contribution in [3.8, 4) is 0 Å². The van der Waals surface area contributed by atoms with E-state index in [-0.39, 0.29) is 68.5 Å². The fraction of sp³-hybridized carbons (Fsp3) is 0.653. The average molecular weight is 1170 g/mol. The number of carbonyl (C=O) groups is 13. The molecule has 0 aliphatic carbocycles. The highest BCUT2D eigenvalue weighted by Gasteiger charge is 2.37. The Kier molecular flexibility index (Phi) is 30.1. The Morgan fingerprint density at radius 1 is 0.679 bits per heavy atom. The molecular weight excluding hydrogens is 1090 g/mol. The van der Waals surface area contributed by atoms with Crippen LogP contribution >= 0.6 is 11.8 Å². The van der Waals surface area contributed by atoms with Crippen LogP contribution in [0.4, 0.5) is 0 Å². The minimum absolute atomic E-state index is 0.0226. The summed E-state index contributed by atoms with van der Waals surface area (Å²) in [4.78, 5) is 180. The summed E-state index contributed by atoms with van der Waals surface area (Å²) in [6.45, 7) is 7.63. The number of unbranched alkanes of at least 4 members (excludes halogenated alkanes) is 1. The van der Waals surface area contributed by atoms with Crippen molar-refractivity contribution in [3.63, 3.8) is 0 Å². The molecule has 31 nitrogen and oxygen atoms in total. The molecule has 32 heteroatoms. The minimum atomic E-state index is -1.88. The second-order valence-electron chi connectivity index (χ2n) is 19.9. The van der Waals surface area contributed by atoms with Crippen LogP contribution in [0, 0.1) is 11.8 Å². The largest absolute Gasteiger partial charge is 0.481 e. The Balaban J connectivity index is 2.38. The number of rotatable bonds is 38. The van der Waals surface area contributed by atoms with Crippen LogP contribution in [0.25, 0.3) is 0 Å². The molecule has 0 spiro atoms. The molecule has 12 atom stereocenters. The summed E-state index contributed by atoms with van der Waals surface area (Å²) < 4.78 is 0. The number of hydrogen-bond donors (Lipinski definition) is 16. The summed E-state index contributed by atoms with van der Waals surface area (Å²) in [6, 6.07) is -14.9. The number of thioether (sulfide) groups is 1. The van der Waals surface area contributed by atoms with E-state index in [9.17, 15) is 82.8 Å². The molecule has 0 aromatic carbocycles. The van der Waals surface area contributed by atoms with E-state index in [1.165, 1.54) is 31.2 Å². The Morgan fingerprint density at radius 2 is 1.25 bits per heavy atom. The van der Waals surface area contributed by atoms with Crippen molar-refractivity contribution >= 4 is 95.0 Å². The van der Waals surface area contributed by atoms with Gasteiger partial charge >= 0.3 is 17.9 Å². The van der Waals surface area contributed by atoms with Crippen molar-refractivity contribution < 1.29 is 82.8 Å². The van der Waals surface area contributed by atoms with E-state index in [4.69, 9.17) is 11.5 Å². The number of aliphatic hydroxyl groups excluding tert-OH is 1. The number of aliphatic carboxylic acids is 3. The van der Waals surface area contributed by atoms with Gasteiger partial charge in [-0.15, -0.1) is 0 Å². The first-order valence-electron chi connectivity index (χ1n) is 26.1. The normalized spacial score (nSPS) is 17.4. The van der Waals surface area contributed by atoms with Crippen LogP contribution in [-0.2, 0) is 68.7 Å². The number of nitrogens with one attached hydrogen (secondary N) is 10. The van der Waals surface area contributed by atoms with Gasteiger partial charge in [-0.2, -0.15) is 11.8 Å². The summed E-state index contributed by atoms with van der Waals surface area (Å²) in [5, 5.41) is 60.3. The lowest BCUT2D eigenvalue weighted by Gasteiger charge is -2.28. The molecular formula is C49H78N14O17S. The number of aromatic nitrogens is 2. The number of nitrogens with zero attached hydrogens (tertiary/aromatic N) is 2. The number of carboxylic acids is 3. The maximum Gasteiger partial charge on any atom is 0.326 e. The number of carbonyl (C=O) groups excluding carboxylic acids is 10. The maximum atomic E-state index is 14.1. The number of amides is 10. The van der Waals surface area contributed by atoms with Gasteiger partial charge in [0.25, 0.3) is 0 Å². The number of aliphatic hydroxyl groups is 1. The van der Waals surface area contributed by atoms with E-state index >= 15 is 0 Å². The van der Waals surface area contributed by atoms with Crippen LogP contribution in [0.5, 0.6) is 0 Å². The second-order valence-corrected chi connectivity index (χ2v) is 20.9. The minimum Gasteiger partial charge on any atom is -0.481 e. The molecule has 1 aliphatic rings. The molecule has 0 radical (unpaired) electrons. The molecule has 0 saturated heterocycles. The molecule has 2 rings (SSSR count). The third-order valence-electron chi connectivity index (χ3n) is 12.5. The third-order valence-corrected chi connectivity index (χ3v) is 13.1. The third kappa shape index (κ3) is 25.5. The van der Waals surface area contributed by atoms with Crippen molar-refractivity contribution in [2.45, 2.75) is 172 Å². The van der Waals surface area contributed by atoms with Crippen molar-refractivity contribution in [1.29, 1.82) is 0 Å². The Morgan fingerprint density at radius 3 is 1.80 bits per heavy atom. The highest BCUT2D eigenvalue weighted by atomic mass is 32.2. The van der Waals surface area contributed by atoms with Gasteiger partial charge in [0.2, 0.25) is 59.1 Å². The number of primary amides is 1. The summed E-state index contributed by atoms with van der Waals surface area (Å²) in [7, 11) is 0.